The van der Waals surface area contributed by atoms with Crippen LogP contribution in [0.25, 0.3) is 0 Å². The van der Waals surface area contributed by atoms with Gasteiger partial charge in [-0.15, -0.1) is 0 Å². The van der Waals surface area contributed by atoms with Gasteiger partial charge in [0.05, 0.1) is 0 Å². The Morgan fingerprint density at radius 2 is 1.89 bits per heavy atom. The molecule has 0 aliphatic carbocycles. The Kier molecular flexibility index (Phi) is 6.29. The summed E-state index contributed by atoms with van der Waals surface area (Å²) >= 11 is 0. The van der Waals surface area contributed by atoms with Crippen molar-refractivity contribution in [2.24, 2.45) is 0 Å². The molecule has 0 radical (unpaired) electrons. The van der Waals surface area contributed by atoms with E-state index < -0.39 is 11.7 Å². The Bertz CT molecular complexity index is 863. The molecule has 0 aromatic heterocycles. The lowest BCUT2D eigenvalue weighted by molar-refractivity contribution is -0.116. The molecule has 3 rings (SSSR count). The van der Waals surface area contributed by atoms with Gasteiger partial charge in [-0.2, -0.15) is 0 Å². The number of carbonyl (C=O) groups is 2. The van der Waals surface area contributed by atoms with Gasteiger partial charge in [-0.05, 0) is 62.6 Å². The van der Waals surface area contributed by atoms with Gasteiger partial charge in [-0.25, -0.2) is 4.39 Å². The molecule has 0 saturated carbocycles. The summed E-state index contributed by atoms with van der Waals surface area (Å²) in [5, 5.41) is 5.63. The molecule has 0 spiro atoms. The van der Waals surface area contributed by atoms with Gasteiger partial charge in [0, 0.05) is 42.5 Å². The molecule has 1 aliphatic heterocycles. The highest BCUT2D eigenvalue weighted by Crippen LogP contribution is 2.23. The maximum atomic E-state index is 13.6. The van der Waals surface area contributed by atoms with Gasteiger partial charge in [0.2, 0.25) is 5.91 Å². The van der Waals surface area contributed by atoms with Gasteiger partial charge in [0.25, 0.3) is 5.91 Å². The van der Waals surface area contributed by atoms with E-state index >= 15 is 0 Å². The molecule has 6 heteroatoms. The highest BCUT2D eigenvalue weighted by molar-refractivity contribution is 5.95. The molecule has 2 aromatic carbocycles. The number of hydrogen-bond donors (Lipinski definition) is 2. The first-order chi connectivity index (χ1) is 13.4. The zero-order chi connectivity index (χ0) is 20.1. The summed E-state index contributed by atoms with van der Waals surface area (Å²) in [4.78, 5) is 26.9. The number of rotatable bonds is 6. The summed E-state index contributed by atoms with van der Waals surface area (Å²) in [6, 6.07) is 11.8. The molecule has 2 N–H and O–H groups in total. The lowest BCUT2D eigenvalue weighted by Crippen LogP contribution is -2.35. The smallest absolute Gasteiger partial charge is 0.251 e. The monoisotopic (exact) mass is 383 g/mol. The molecule has 1 atom stereocenters. The Morgan fingerprint density at radius 1 is 1.14 bits per heavy atom. The van der Waals surface area contributed by atoms with Gasteiger partial charge >= 0.3 is 0 Å². The SMILES string of the molecule is Cc1ccc(C(=O)NC(C)CC(=O)Nc2cccc(N3CCCC3)c2)cc1F. The number of aryl methyl sites for hydroxylation is 1. The molecule has 2 aromatic rings. The van der Waals surface area contributed by atoms with Crippen LogP contribution in [0.1, 0.15) is 42.1 Å². The van der Waals surface area contributed by atoms with Crippen molar-refractivity contribution < 1.29 is 14.0 Å². The fourth-order valence-corrected chi connectivity index (χ4v) is 3.34. The Hall–Kier alpha value is -2.89. The molecule has 1 saturated heterocycles. The van der Waals surface area contributed by atoms with Crippen molar-refractivity contribution in [1.29, 1.82) is 0 Å². The van der Waals surface area contributed by atoms with E-state index in [0.717, 1.165) is 24.5 Å². The van der Waals surface area contributed by atoms with E-state index in [9.17, 15) is 14.0 Å². The lowest BCUT2D eigenvalue weighted by Gasteiger charge is -2.19. The van der Waals surface area contributed by atoms with Crippen LogP contribution in [0.4, 0.5) is 15.8 Å². The number of amides is 2. The van der Waals surface area contributed by atoms with E-state index in [1.165, 1.54) is 18.9 Å². The highest BCUT2D eigenvalue weighted by atomic mass is 19.1. The van der Waals surface area contributed by atoms with Crippen molar-refractivity contribution in [3.05, 3.63) is 59.4 Å². The fraction of sp³-hybridized carbons (Fsp3) is 0.364. The molecule has 1 unspecified atom stereocenters. The van der Waals surface area contributed by atoms with Gasteiger partial charge < -0.3 is 15.5 Å². The number of benzene rings is 2. The summed E-state index contributed by atoms with van der Waals surface area (Å²) < 4.78 is 13.6. The summed E-state index contributed by atoms with van der Waals surface area (Å²) in [5.41, 5.74) is 2.58. The third kappa shape index (κ3) is 5.09. The van der Waals surface area contributed by atoms with Crippen molar-refractivity contribution in [3.8, 4) is 0 Å². The predicted molar refractivity (Wildman–Crippen MR) is 109 cm³/mol. The quantitative estimate of drug-likeness (QED) is 0.796. The van der Waals surface area contributed by atoms with Crippen molar-refractivity contribution in [3.63, 3.8) is 0 Å². The minimum absolute atomic E-state index is 0.133. The van der Waals surface area contributed by atoms with Crippen molar-refractivity contribution in [2.75, 3.05) is 23.3 Å². The third-order valence-electron chi connectivity index (χ3n) is 4.90. The van der Waals surface area contributed by atoms with Gasteiger partial charge in [-0.3, -0.25) is 9.59 Å². The van der Waals surface area contributed by atoms with Crippen molar-refractivity contribution >= 4 is 23.2 Å². The molecule has 148 valence electrons. The Morgan fingerprint density at radius 3 is 2.61 bits per heavy atom. The Labute approximate surface area is 164 Å². The summed E-state index contributed by atoms with van der Waals surface area (Å²) in [6.45, 7) is 5.48. The summed E-state index contributed by atoms with van der Waals surface area (Å²) in [6.07, 6.45) is 2.52. The standard InChI is InChI=1S/C22H26FN3O2/c1-15-8-9-17(13-20(15)23)22(28)24-16(2)12-21(27)25-18-6-5-7-19(14-18)26-10-3-4-11-26/h5-9,13-14,16H,3-4,10-12H2,1-2H3,(H,24,28)(H,25,27). The first-order valence-electron chi connectivity index (χ1n) is 9.64. The second-order valence-electron chi connectivity index (χ2n) is 7.34. The molecule has 1 heterocycles. The van der Waals surface area contributed by atoms with Crippen LogP contribution in [0.5, 0.6) is 0 Å². The zero-order valence-corrected chi connectivity index (χ0v) is 16.3. The molecule has 0 bridgehead atoms. The molecule has 1 aliphatic rings. The predicted octanol–water partition coefficient (Wildman–Crippen LogP) is 3.88. The number of hydrogen-bond acceptors (Lipinski definition) is 3. The zero-order valence-electron chi connectivity index (χ0n) is 16.3. The molecule has 2 amide bonds. The first-order valence-corrected chi connectivity index (χ1v) is 9.64. The average molecular weight is 383 g/mol. The van der Waals surface area contributed by atoms with Crippen LogP contribution in [0.2, 0.25) is 0 Å². The van der Waals surface area contributed by atoms with Crippen LogP contribution in [0.3, 0.4) is 0 Å². The van der Waals surface area contributed by atoms with Crippen LogP contribution in [0.15, 0.2) is 42.5 Å². The number of nitrogens with one attached hydrogen (secondary N) is 2. The molecule has 28 heavy (non-hydrogen) atoms. The van der Waals surface area contributed by atoms with E-state index in [0.29, 0.717) is 5.56 Å². The normalized spacial score (nSPS) is 14.6. The average Bonchev–Trinajstić information content (AvgIpc) is 3.18. The maximum absolute atomic E-state index is 13.6. The second kappa shape index (κ2) is 8.87. The van der Waals surface area contributed by atoms with E-state index in [1.807, 2.05) is 24.3 Å². The van der Waals surface area contributed by atoms with Crippen LogP contribution in [-0.4, -0.2) is 30.9 Å². The molecular formula is C22H26FN3O2. The summed E-state index contributed by atoms with van der Waals surface area (Å²) in [5.74, 6) is -0.993. The molecule has 1 fully saturated rings. The van der Waals surface area contributed by atoms with E-state index in [1.54, 1.807) is 26.0 Å². The molecule has 5 nitrogen and oxygen atoms in total. The van der Waals surface area contributed by atoms with Crippen molar-refractivity contribution in [1.82, 2.24) is 5.32 Å². The third-order valence-corrected chi connectivity index (χ3v) is 4.90. The van der Waals surface area contributed by atoms with Gasteiger partial charge in [0.1, 0.15) is 5.82 Å². The minimum Gasteiger partial charge on any atom is -0.371 e. The number of carbonyl (C=O) groups excluding carboxylic acids is 2. The van der Waals surface area contributed by atoms with Crippen LogP contribution < -0.4 is 15.5 Å². The van der Waals surface area contributed by atoms with Gasteiger partial charge in [0.15, 0.2) is 0 Å². The fourth-order valence-electron chi connectivity index (χ4n) is 3.34. The minimum atomic E-state index is -0.420. The maximum Gasteiger partial charge on any atom is 0.251 e. The van der Waals surface area contributed by atoms with E-state index in [-0.39, 0.29) is 23.9 Å². The number of halogens is 1. The lowest BCUT2D eigenvalue weighted by atomic mass is 10.1. The van der Waals surface area contributed by atoms with Crippen LogP contribution in [-0.2, 0) is 4.79 Å². The number of nitrogens with zero attached hydrogens (tertiary/aromatic N) is 1. The number of anilines is 2. The van der Waals surface area contributed by atoms with Gasteiger partial charge in [-0.1, -0.05) is 12.1 Å². The van der Waals surface area contributed by atoms with E-state index in [4.69, 9.17) is 0 Å². The topological polar surface area (TPSA) is 61.4 Å². The summed E-state index contributed by atoms with van der Waals surface area (Å²) in [7, 11) is 0. The van der Waals surface area contributed by atoms with Crippen molar-refractivity contribution in [2.45, 2.75) is 39.2 Å². The van der Waals surface area contributed by atoms with E-state index in [2.05, 4.69) is 15.5 Å². The molecular weight excluding hydrogens is 357 g/mol. The van der Waals surface area contributed by atoms with Crippen LogP contribution >= 0.6 is 0 Å². The second-order valence-corrected chi connectivity index (χ2v) is 7.34. The first kappa shape index (κ1) is 19.9. The largest absolute Gasteiger partial charge is 0.371 e. The highest BCUT2D eigenvalue weighted by Gasteiger charge is 2.16. The van der Waals surface area contributed by atoms with Crippen LogP contribution in [0, 0.1) is 12.7 Å². The Balaban J connectivity index is 1.53.